The van der Waals surface area contributed by atoms with Gasteiger partial charge in [0, 0.05) is 12.8 Å². The van der Waals surface area contributed by atoms with Gasteiger partial charge >= 0.3 is 5.69 Å². The number of H-pyrrole nitrogens is 2. The van der Waals surface area contributed by atoms with Crippen molar-refractivity contribution in [2.75, 3.05) is 18.6 Å². The average Bonchev–Trinajstić information content (AvgIpc) is 3.11. The number of carbonyl (C=O) groups excluding carboxylic acids is 2. The van der Waals surface area contributed by atoms with E-state index >= 15 is 0 Å². The van der Waals surface area contributed by atoms with Gasteiger partial charge in [0.1, 0.15) is 12.4 Å². The molecule has 0 aliphatic carbocycles. The van der Waals surface area contributed by atoms with E-state index in [1.165, 1.54) is 6.92 Å². The van der Waals surface area contributed by atoms with Crippen molar-refractivity contribution in [2.45, 2.75) is 19.8 Å². The summed E-state index contributed by atoms with van der Waals surface area (Å²) in [5.41, 5.74) is 4.44. The molecule has 1 unspecified atom stereocenters. The number of aromatic amines is 2. The Bertz CT molecular complexity index is 1160. The molecule has 0 amide bonds. The van der Waals surface area contributed by atoms with Crippen molar-refractivity contribution in [3.05, 3.63) is 58.5 Å². The normalized spacial score (nSPS) is 12.6. The molecule has 9 nitrogen and oxygen atoms in total. The van der Waals surface area contributed by atoms with Gasteiger partial charge < -0.3 is 19.8 Å². The fraction of sp³-hybridized carbons (Fsp3) is 0.238. The van der Waals surface area contributed by atoms with Gasteiger partial charge in [0.05, 0.1) is 23.3 Å². The van der Waals surface area contributed by atoms with Crippen molar-refractivity contribution in [1.82, 2.24) is 9.97 Å². The second-order valence-corrected chi connectivity index (χ2v) is 6.67. The van der Waals surface area contributed by atoms with E-state index in [9.17, 15) is 14.4 Å². The van der Waals surface area contributed by atoms with Gasteiger partial charge in [0.15, 0.2) is 17.3 Å². The highest BCUT2D eigenvalue weighted by molar-refractivity contribution is 6.66. The third kappa shape index (κ3) is 4.64. The van der Waals surface area contributed by atoms with Crippen LogP contribution in [0.4, 0.5) is 5.69 Å². The molecule has 2 aromatic carbocycles. The molecule has 30 heavy (non-hydrogen) atoms. The van der Waals surface area contributed by atoms with Crippen LogP contribution in [0.3, 0.4) is 0 Å². The first-order chi connectivity index (χ1) is 14.4. The molecule has 3 aromatic rings. The number of hydrogen-bond acceptors (Lipinski definition) is 7. The number of nitrogens with zero attached hydrogens (tertiary/aromatic N) is 1. The van der Waals surface area contributed by atoms with E-state index in [0.717, 1.165) is 0 Å². The Hall–Kier alpha value is -3.72. The van der Waals surface area contributed by atoms with E-state index in [0.29, 0.717) is 28.0 Å². The Morgan fingerprint density at radius 2 is 1.90 bits per heavy atom. The fourth-order valence-electron chi connectivity index (χ4n) is 2.94. The summed E-state index contributed by atoms with van der Waals surface area (Å²) in [6.45, 7) is 2.89. The lowest BCUT2D eigenvalue weighted by molar-refractivity contribution is -0.116. The number of aliphatic hydroxyl groups is 1. The van der Waals surface area contributed by atoms with Crippen molar-refractivity contribution in [2.24, 2.45) is 5.10 Å². The summed E-state index contributed by atoms with van der Waals surface area (Å²) >= 11 is 0. The molecule has 1 atom stereocenters. The number of imidazole rings is 1. The van der Waals surface area contributed by atoms with E-state index in [1.807, 2.05) is 0 Å². The molecule has 0 aliphatic rings. The first-order valence-electron chi connectivity index (χ1n) is 9.34. The predicted octanol–water partition coefficient (Wildman–Crippen LogP) is 1.96. The van der Waals surface area contributed by atoms with Crippen LogP contribution >= 0.6 is 0 Å². The first-order valence-corrected chi connectivity index (χ1v) is 9.34. The lowest BCUT2D eigenvalue weighted by Crippen LogP contribution is -2.27. The molecule has 0 spiro atoms. The van der Waals surface area contributed by atoms with Gasteiger partial charge in [-0.3, -0.25) is 15.0 Å². The molecular formula is C21H22N4O5. The highest BCUT2D eigenvalue weighted by Crippen LogP contribution is 2.24. The van der Waals surface area contributed by atoms with Crippen LogP contribution in [0.1, 0.15) is 25.3 Å². The smallest absolute Gasteiger partial charge is 0.323 e. The molecule has 0 saturated heterocycles. The Morgan fingerprint density at radius 3 is 2.63 bits per heavy atom. The molecule has 9 heteroatoms. The topological polar surface area (TPSA) is 137 Å². The summed E-state index contributed by atoms with van der Waals surface area (Å²) in [4.78, 5) is 41.8. The summed E-state index contributed by atoms with van der Waals surface area (Å²) < 4.78 is 5.42. The van der Waals surface area contributed by atoms with Crippen molar-refractivity contribution in [3.63, 3.8) is 0 Å². The molecule has 1 heterocycles. The minimum Gasteiger partial charge on any atom is -0.489 e. The number of ether oxygens (including phenoxy) is 1. The van der Waals surface area contributed by atoms with Gasteiger partial charge in [-0.25, -0.2) is 4.79 Å². The summed E-state index contributed by atoms with van der Waals surface area (Å²) in [6, 6.07) is 12.0. The highest BCUT2D eigenvalue weighted by atomic mass is 16.5. The maximum atomic E-state index is 13.0. The summed E-state index contributed by atoms with van der Waals surface area (Å²) in [6.07, 6.45) is 0. The third-order valence-corrected chi connectivity index (χ3v) is 4.52. The number of nitrogens with one attached hydrogen (secondary N) is 3. The molecule has 3 rings (SSSR count). The van der Waals surface area contributed by atoms with Gasteiger partial charge in [0.2, 0.25) is 0 Å². The molecule has 1 aromatic heterocycles. The zero-order valence-electron chi connectivity index (χ0n) is 16.6. The Labute approximate surface area is 171 Å². The number of aliphatic hydroxyl groups excluding tert-OH is 1. The van der Waals surface area contributed by atoms with Crippen LogP contribution < -0.4 is 15.9 Å². The van der Waals surface area contributed by atoms with Crippen LogP contribution in [-0.2, 0) is 9.59 Å². The van der Waals surface area contributed by atoms with Gasteiger partial charge in [-0.15, -0.1) is 0 Å². The van der Waals surface area contributed by atoms with Crippen LogP contribution in [0, 0.1) is 0 Å². The molecule has 0 radical (unpaired) electrons. The number of para-hydroxylation sites is 2. The van der Waals surface area contributed by atoms with Crippen LogP contribution in [0.15, 0.2) is 52.4 Å². The lowest BCUT2D eigenvalue weighted by Gasteiger charge is -2.13. The molecule has 0 fully saturated rings. The quantitative estimate of drug-likeness (QED) is 0.242. The fourth-order valence-corrected chi connectivity index (χ4v) is 2.94. The van der Waals surface area contributed by atoms with Gasteiger partial charge in [-0.05, 0) is 29.8 Å². The number of benzene rings is 2. The molecule has 4 N–H and O–H groups in total. The van der Waals surface area contributed by atoms with Crippen LogP contribution in [0.5, 0.6) is 5.75 Å². The van der Waals surface area contributed by atoms with E-state index in [1.54, 1.807) is 49.4 Å². The Kier molecular flexibility index (Phi) is 6.43. The minimum atomic E-state index is -0.655. The number of ketones is 2. The summed E-state index contributed by atoms with van der Waals surface area (Å²) in [5.74, 6) is -1.16. The number of anilines is 1. The minimum absolute atomic E-state index is 0.0989. The van der Waals surface area contributed by atoms with Crippen LogP contribution in [0.2, 0.25) is 0 Å². The first kappa shape index (κ1) is 21.0. The van der Waals surface area contributed by atoms with Crippen molar-refractivity contribution < 1.29 is 19.4 Å². The number of fused-ring (bicyclic) bond motifs is 1. The summed E-state index contributed by atoms with van der Waals surface area (Å²) in [5, 5.41) is 13.0. The number of Topliss-reactive ketones (excluding diaryl/α,β-unsaturated/α-hetero) is 2. The number of hydrogen-bond donors (Lipinski definition) is 4. The van der Waals surface area contributed by atoms with Gasteiger partial charge in [-0.1, -0.05) is 25.1 Å². The second kappa shape index (κ2) is 9.19. The average molecular weight is 410 g/mol. The number of carbonyl (C=O) groups is 2. The number of aromatic nitrogens is 2. The zero-order chi connectivity index (χ0) is 21.7. The van der Waals surface area contributed by atoms with Crippen molar-refractivity contribution in [1.29, 1.82) is 0 Å². The van der Waals surface area contributed by atoms with E-state index in [-0.39, 0.29) is 24.6 Å². The van der Waals surface area contributed by atoms with E-state index in [4.69, 9.17) is 9.84 Å². The molecule has 0 aliphatic heterocycles. The zero-order valence-corrected chi connectivity index (χ0v) is 16.6. The van der Waals surface area contributed by atoms with Crippen LogP contribution in [-0.4, -0.2) is 45.6 Å². The molecule has 0 bridgehead atoms. The van der Waals surface area contributed by atoms with Gasteiger partial charge in [0.25, 0.3) is 0 Å². The van der Waals surface area contributed by atoms with Crippen LogP contribution in [0.25, 0.3) is 11.0 Å². The Morgan fingerprint density at radius 1 is 1.17 bits per heavy atom. The number of hydrazone groups is 1. The molecular weight excluding hydrogens is 388 g/mol. The van der Waals surface area contributed by atoms with Crippen molar-refractivity contribution in [3.8, 4) is 5.75 Å². The third-order valence-electron chi connectivity index (χ3n) is 4.52. The number of rotatable bonds is 9. The van der Waals surface area contributed by atoms with Crippen molar-refractivity contribution >= 4 is 34.0 Å². The highest BCUT2D eigenvalue weighted by Gasteiger charge is 2.25. The lowest BCUT2D eigenvalue weighted by atomic mass is 9.92. The van der Waals surface area contributed by atoms with E-state index in [2.05, 4.69) is 20.5 Å². The monoisotopic (exact) mass is 410 g/mol. The SMILES string of the molecule is CC(=O)/C(=N/Nc1ccccc1OCCO)C(=O)C(C)c1ccc2[nH]c(=O)[nH]c2c1. The Balaban J connectivity index is 1.85. The standard InChI is InChI=1S/C21H22N4O5/c1-12(14-7-8-15-17(11-14)23-21(29)22-15)20(28)19(13(2)27)25-24-16-5-3-4-6-18(16)30-10-9-26/h3-8,11-12,24,26H,9-10H2,1-2H3,(H2,22,23,29)/b25-19-. The summed E-state index contributed by atoms with van der Waals surface area (Å²) in [7, 11) is 0. The maximum absolute atomic E-state index is 13.0. The van der Waals surface area contributed by atoms with Gasteiger partial charge in [-0.2, -0.15) is 5.10 Å². The second-order valence-electron chi connectivity index (χ2n) is 6.67. The largest absolute Gasteiger partial charge is 0.489 e. The maximum Gasteiger partial charge on any atom is 0.323 e. The predicted molar refractivity (Wildman–Crippen MR) is 113 cm³/mol. The molecule has 0 saturated carbocycles. The molecule has 156 valence electrons. The van der Waals surface area contributed by atoms with E-state index < -0.39 is 17.5 Å².